The maximum Gasteiger partial charge on any atom is 0.221 e. The van der Waals surface area contributed by atoms with Crippen LogP contribution in [0.25, 0.3) is 10.9 Å². The minimum Gasteiger partial charge on any atom is -0.493 e. The van der Waals surface area contributed by atoms with Crippen LogP contribution in [-0.2, 0) is 9.47 Å². The molecule has 0 aliphatic carbocycles. The number of nitrogens with zero attached hydrogens (tertiary/aromatic N) is 1. The van der Waals surface area contributed by atoms with Crippen LogP contribution in [0.1, 0.15) is 11.3 Å². The molecule has 2 atom stereocenters. The first-order valence-corrected chi connectivity index (χ1v) is 11.4. The summed E-state index contributed by atoms with van der Waals surface area (Å²) in [5.41, 5.74) is 3.41. The first-order valence-electron chi connectivity index (χ1n) is 11.4. The van der Waals surface area contributed by atoms with Gasteiger partial charge in [-0.2, -0.15) is 0 Å². The molecule has 2 aliphatic heterocycles. The second kappa shape index (κ2) is 9.54. The summed E-state index contributed by atoms with van der Waals surface area (Å²) in [5, 5.41) is 12.8. The van der Waals surface area contributed by atoms with Gasteiger partial charge >= 0.3 is 0 Å². The molecule has 0 spiro atoms. The van der Waals surface area contributed by atoms with Gasteiger partial charge in [0.2, 0.25) is 5.90 Å². The highest BCUT2D eigenvalue weighted by Gasteiger charge is 2.38. The minimum absolute atomic E-state index is 0.0180. The van der Waals surface area contributed by atoms with Crippen molar-refractivity contribution < 1.29 is 23.7 Å². The summed E-state index contributed by atoms with van der Waals surface area (Å²) >= 11 is 0. The largest absolute Gasteiger partial charge is 0.493 e. The Bertz CT molecular complexity index is 1180. The Balaban J connectivity index is 1.27. The molecule has 180 valence electrons. The smallest absolute Gasteiger partial charge is 0.221 e. The highest BCUT2D eigenvalue weighted by atomic mass is 16.7. The number of hydrogen-bond donors (Lipinski definition) is 3. The monoisotopic (exact) mass is 466 g/mol. The molecular weight excluding hydrogens is 436 g/mol. The summed E-state index contributed by atoms with van der Waals surface area (Å²) in [4.78, 5) is 5.57. The standard InChI is InChI=1S/C25H30N4O5/c1-15-8-16-9-17(4-5-19(16)28-15)34-25(26)18-10-21(30-3)22(11-20(18)27-2)31-7-6-29-12-23-24(13-29)33-14-32-23/h4-5,8-11,23-24,26-28H,6-7,12-14H2,1-3H3. The Labute approximate surface area is 198 Å². The second-order valence-corrected chi connectivity index (χ2v) is 8.57. The average molecular weight is 467 g/mol. The van der Waals surface area contributed by atoms with Gasteiger partial charge in [-0.25, -0.2) is 0 Å². The number of rotatable bonds is 8. The number of hydrogen-bond acceptors (Lipinski definition) is 8. The number of fused-ring (bicyclic) bond motifs is 2. The van der Waals surface area contributed by atoms with Gasteiger partial charge < -0.3 is 34.0 Å². The van der Waals surface area contributed by atoms with Crippen LogP contribution in [0, 0.1) is 12.3 Å². The van der Waals surface area contributed by atoms with Crippen molar-refractivity contribution >= 4 is 22.5 Å². The number of likely N-dealkylation sites (tertiary alicyclic amines) is 1. The van der Waals surface area contributed by atoms with Gasteiger partial charge in [-0.3, -0.25) is 10.3 Å². The Hall–Kier alpha value is -3.27. The summed E-state index contributed by atoms with van der Waals surface area (Å²) < 4.78 is 28.7. The van der Waals surface area contributed by atoms with E-state index < -0.39 is 0 Å². The van der Waals surface area contributed by atoms with Gasteiger partial charge in [0.25, 0.3) is 0 Å². The van der Waals surface area contributed by atoms with Crippen molar-refractivity contribution in [1.82, 2.24) is 9.88 Å². The molecule has 9 nitrogen and oxygen atoms in total. The van der Waals surface area contributed by atoms with Crippen LogP contribution in [0.3, 0.4) is 0 Å². The van der Waals surface area contributed by atoms with Gasteiger partial charge in [0, 0.05) is 49.3 Å². The van der Waals surface area contributed by atoms with Crippen LogP contribution in [0.15, 0.2) is 36.4 Å². The van der Waals surface area contributed by atoms with Crippen LogP contribution in [0.4, 0.5) is 5.69 Å². The average Bonchev–Trinajstić information content (AvgIpc) is 3.52. The minimum atomic E-state index is 0.0180. The fourth-order valence-corrected chi connectivity index (χ4v) is 4.54. The molecule has 9 heteroatoms. The summed E-state index contributed by atoms with van der Waals surface area (Å²) in [6.07, 6.45) is 0.329. The maximum atomic E-state index is 8.58. The van der Waals surface area contributed by atoms with E-state index in [1.165, 1.54) is 0 Å². The highest BCUT2D eigenvalue weighted by Crippen LogP contribution is 2.34. The topological polar surface area (TPSA) is 101 Å². The first-order chi connectivity index (χ1) is 16.5. The zero-order valence-electron chi connectivity index (χ0n) is 19.6. The predicted molar refractivity (Wildman–Crippen MR) is 130 cm³/mol. The Kier molecular flexibility index (Phi) is 6.32. The number of benzene rings is 2. The van der Waals surface area contributed by atoms with Crippen molar-refractivity contribution in [1.29, 1.82) is 5.41 Å². The number of aryl methyl sites for hydroxylation is 1. The molecule has 2 saturated heterocycles. The van der Waals surface area contributed by atoms with Crippen molar-refractivity contribution in [3.63, 3.8) is 0 Å². The fraction of sp³-hybridized carbons (Fsp3) is 0.400. The lowest BCUT2D eigenvalue weighted by molar-refractivity contribution is 0.0140. The number of ether oxygens (including phenoxy) is 5. The second-order valence-electron chi connectivity index (χ2n) is 8.57. The molecule has 34 heavy (non-hydrogen) atoms. The van der Waals surface area contributed by atoms with Crippen molar-refractivity contribution in [2.45, 2.75) is 19.1 Å². The molecule has 0 radical (unpaired) electrons. The molecule has 0 bridgehead atoms. The van der Waals surface area contributed by atoms with Gasteiger partial charge in [0.1, 0.15) is 31.4 Å². The Morgan fingerprint density at radius 1 is 1.15 bits per heavy atom. The molecule has 2 aliphatic rings. The molecule has 3 heterocycles. The number of anilines is 1. The molecule has 2 fully saturated rings. The quantitative estimate of drug-likeness (QED) is 0.346. The summed E-state index contributed by atoms with van der Waals surface area (Å²) in [7, 11) is 3.40. The molecule has 0 amide bonds. The van der Waals surface area contributed by atoms with Gasteiger partial charge in [-0.05, 0) is 37.3 Å². The van der Waals surface area contributed by atoms with Gasteiger partial charge in [-0.15, -0.1) is 0 Å². The van der Waals surface area contributed by atoms with E-state index in [0.717, 1.165) is 41.9 Å². The molecular formula is C25H30N4O5. The molecule has 2 aromatic carbocycles. The normalized spacial score (nSPS) is 19.9. The van der Waals surface area contributed by atoms with E-state index in [2.05, 4.69) is 21.3 Å². The van der Waals surface area contributed by atoms with Crippen LogP contribution >= 0.6 is 0 Å². The SMILES string of the molecule is CNc1cc(OCCN2CC3OCOC3C2)c(OC)cc1C(=N)Oc1ccc2[nH]c(C)cc2c1. The zero-order valence-corrected chi connectivity index (χ0v) is 19.6. The van der Waals surface area contributed by atoms with Crippen molar-refractivity contribution in [2.24, 2.45) is 0 Å². The molecule has 3 aromatic rings. The first kappa shape index (κ1) is 22.5. The highest BCUT2D eigenvalue weighted by molar-refractivity contribution is 6.00. The number of methoxy groups -OCH3 is 1. The number of nitrogens with one attached hydrogen (secondary N) is 3. The third-order valence-electron chi connectivity index (χ3n) is 6.28. The van der Waals surface area contributed by atoms with Gasteiger partial charge in [-0.1, -0.05) is 0 Å². The van der Waals surface area contributed by atoms with E-state index in [-0.39, 0.29) is 18.1 Å². The van der Waals surface area contributed by atoms with E-state index in [0.29, 0.717) is 36.2 Å². The number of aromatic amines is 1. The third kappa shape index (κ3) is 4.54. The molecule has 1 aromatic heterocycles. The lowest BCUT2D eigenvalue weighted by Gasteiger charge is -2.19. The molecule has 2 unspecified atom stereocenters. The van der Waals surface area contributed by atoms with Crippen molar-refractivity contribution in [3.05, 3.63) is 47.7 Å². The van der Waals surface area contributed by atoms with E-state index in [1.54, 1.807) is 20.2 Å². The summed E-state index contributed by atoms with van der Waals surface area (Å²) in [6, 6.07) is 11.4. The van der Waals surface area contributed by atoms with Crippen LogP contribution < -0.4 is 19.5 Å². The number of aromatic nitrogens is 1. The van der Waals surface area contributed by atoms with Crippen molar-refractivity contribution in [2.75, 3.05) is 52.5 Å². The maximum absolute atomic E-state index is 8.58. The van der Waals surface area contributed by atoms with Gasteiger partial charge in [0.05, 0.1) is 18.4 Å². The third-order valence-corrected chi connectivity index (χ3v) is 6.28. The molecule has 0 saturated carbocycles. The fourth-order valence-electron chi connectivity index (χ4n) is 4.54. The van der Waals surface area contributed by atoms with Crippen LogP contribution in [-0.4, -0.2) is 75.2 Å². The number of H-pyrrole nitrogens is 1. The lowest BCUT2D eigenvalue weighted by atomic mass is 10.1. The van der Waals surface area contributed by atoms with E-state index >= 15 is 0 Å². The lowest BCUT2D eigenvalue weighted by Crippen LogP contribution is -2.28. The zero-order chi connectivity index (χ0) is 23.7. The summed E-state index contributed by atoms with van der Waals surface area (Å²) in [6.45, 7) is 5.39. The van der Waals surface area contributed by atoms with Crippen LogP contribution in [0.5, 0.6) is 17.2 Å². The molecule has 3 N–H and O–H groups in total. The van der Waals surface area contributed by atoms with Crippen LogP contribution in [0.2, 0.25) is 0 Å². The predicted octanol–water partition coefficient (Wildman–Crippen LogP) is 3.37. The summed E-state index contributed by atoms with van der Waals surface area (Å²) in [5.74, 6) is 1.77. The van der Waals surface area contributed by atoms with E-state index in [1.807, 2.05) is 31.2 Å². The Morgan fingerprint density at radius 2 is 1.94 bits per heavy atom. The van der Waals surface area contributed by atoms with E-state index in [9.17, 15) is 0 Å². The van der Waals surface area contributed by atoms with Crippen molar-refractivity contribution in [3.8, 4) is 17.2 Å². The Morgan fingerprint density at radius 3 is 2.68 bits per heavy atom. The molecule has 5 rings (SSSR count). The van der Waals surface area contributed by atoms with Gasteiger partial charge in [0.15, 0.2) is 11.5 Å². The van der Waals surface area contributed by atoms with E-state index in [4.69, 9.17) is 29.1 Å².